The monoisotopic (exact) mass is 427 g/mol. The molecule has 1 aromatic carbocycles. The maximum atomic E-state index is 4.24. The summed E-state index contributed by atoms with van der Waals surface area (Å²) in [4.78, 5) is 4.24. The Hall–Kier alpha value is -1.57. The van der Waals surface area contributed by atoms with Crippen molar-refractivity contribution in [1.29, 1.82) is 0 Å². The van der Waals surface area contributed by atoms with Crippen LogP contribution in [0.3, 0.4) is 0 Å². The highest BCUT2D eigenvalue weighted by atomic mass is 127. The van der Waals surface area contributed by atoms with Crippen LogP contribution in [0.15, 0.2) is 47.7 Å². The molecule has 0 aliphatic heterocycles. The molecule has 23 heavy (non-hydrogen) atoms. The Kier molecular flexibility index (Phi) is 8.68. The summed E-state index contributed by atoms with van der Waals surface area (Å²) >= 11 is 0. The molecule has 0 unspecified atom stereocenters. The maximum absolute atomic E-state index is 4.24. The van der Waals surface area contributed by atoms with E-state index in [0.29, 0.717) is 5.92 Å². The summed E-state index contributed by atoms with van der Waals surface area (Å²) in [6, 6.07) is 10.5. The van der Waals surface area contributed by atoms with Crippen LogP contribution < -0.4 is 10.6 Å². The molecule has 0 fully saturated rings. The lowest BCUT2D eigenvalue weighted by Crippen LogP contribution is -2.38. The van der Waals surface area contributed by atoms with Gasteiger partial charge in [0.1, 0.15) is 0 Å². The predicted molar refractivity (Wildman–Crippen MR) is 106 cm³/mol. The van der Waals surface area contributed by atoms with E-state index in [1.165, 1.54) is 11.1 Å². The van der Waals surface area contributed by atoms with Crippen LogP contribution in [-0.4, -0.2) is 29.3 Å². The van der Waals surface area contributed by atoms with Crippen molar-refractivity contribution in [3.8, 4) is 0 Å². The number of benzene rings is 1. The predicted octanol–water partition coefficient (Wildman–Crippen LogP) is 2.87. The van der Waals surface area contributed by atoms with Crippen molar-refractivity contribution >= 4 is 29.9 Å². The van der Waals surface area contributed by atoms with E-state index in [9.17, 15) is 0 Å². The van der Waals surface area contributed by atoms with E-state index in [1.54, 1.807) is 13.2 Å². The van der Waals surface area contributed by atoms with Gasteiger partial charge in [-0.15, -0.1) is 24.0 Å². The Morgan fingerprint density at radius 2 is 2.00 bits per heavy atom. The van der Waals surface area contributed by atoms with Gasteiger partial charge in [0.05, 0.1) is 6.54 Å². The fourth-order valence-electron chi connectivity index (χ4n) is 2.13. The molecule has 126 valence electrons. The Balaban J connectivity index is 0.00000264. The second-order valence-electron chi connectivity index (χ2n) is 5.72. The molecule has 0 radical (unpaired) electrons. The summed E-state index contributed by atoms with van der Waals surface area (Å²) in [5.41, 5.74) is 2.48. The molecule has 0 saturated heterocycles. The maximum Gasteiger partial charge on any atom is 0.191 e. The van der Waals surface area contributed by atoms with Crippen LogP contribution in [0.1, 0.15) is 25.0 Å². The molecular formula is C17H26IN5. The Bertz CT molecular complexity index is 593. The lowest BCUT2D eigenvalue weighted by molar-refractivity contribution is 0.614. The Labute approximate surface area is 155 Å². The molecule has 0 atom stereocenters. The minimum atomic E-state index is 0. The first-order chi connectivity index (χ1) is 10.7. The molecule has 5 nitrogen and oxygen atoms in total. The van der Waals surface area contributed by atoms with Gasteiger partial charge in [-0.1, -0.05) is 38.1 Å². The van der Waals surface area contributed by atoms with Crippen LogP contribution >= 0.6 is 24.0 Å². The largest absolute Gasteiger partial charge is 0.356 e. The highest BCUT2D eigenvalue weighted by Crippen LogP contribution is 2.07. The van der Waals surface area contributed by atoms with Crippen LogP contribution in [0.5, 0.6) is 0 Å². The van der Waals surface area contributed by atoms with E-state index >= 15 is 0 Å². The quantitative estimate of drug-likeness (QED) is 0.424. The van der Waals surface area contributed by atoms with Crippen molar-refractivity contribution in [2.24, 2.45) is 10.9 Å². The van der Waals surface area contributed by atoms with E-state index in [2.05, 4.69) is 58.8 Å². The van der Waals surface area contributed by atoms with E-state index < -0.39 is 0 Å². The molecule has 0 aliphatic carbocycles. The van der Waals surface area contributed by atoms with Gasteiger partial charge in [0.2, 0.25) is 0 Å². The third kappa shape index (κ3) is 7.02. The molecule has 2 rings (SSSR count). The van der Waals surface area contributed by atoms with Crippen molar-refractivity contribution in [3.63, 3.8) is 0 Å². The van der Waals surface area contributed by atoms with E-state index in [-0.39, 0.29) is 24.0 Å². The van der Waals surface area contributed by atoms with Crippen molar-refractivity contribution < 1.29 is 0 Å². The second-order valence-corrected chi connectivity index (χ2v) is 5.72. The average molecular weight is 427 g/mol. The highest BCUT2D eigenvalue weighted by Gasteiger charge is 2.01. The van der Waals surface area contributed by atoms with Crippen LogP contribution in [0.2, 0.25) is 0 Å². The minimum absolute atomic E-state index is 0. The summed E-state index contributed by atoms with van der Waals surface area (Å²) in [7, 11) is 1.80. The van der Waals surface area contributed by atoms with E-state index in [0.717, 1.165) is 25.6 Å². The molecule has 1 heterocycles. The fourth-order valence-corrected chi connectivity index (χ4v) is 2.13. The number of nitrogens with one attached hydrogen (secondary N) is 2. The van der Waals surface area contributed by atoms with Crippen molar-refractivity contribution in [2.75, 3.05) is 13.6 Å². The number of halogens is 1. The fraction of sp³-hybridized carbons (Fsp3) is 0.412. The third-order valence-electron chi connectivity index (χ3n) is 3.26. The number of hydrogen-bond donors (Lipinski definition) is 2. The van der Waals surface area contributed by atoms with Gasteiger partial charge >= 0.3 is 0 Å². The molecule has 0 aliphatic rings. The summed E-state index contributed by atoms with van der Waals surface area (Å²) in [6.45, 7) is 6.82. The third-order valence-corrected chi connectivity index (χ3v) is 3.26. The van der Waals surface area contributed by atoms with Gasteiger partial charge in [0.15, 0.2) is 5.96 Å². The first-order valence-electron chi connectivity index (χ1n) is 7.67. The molecule has 2 aromatic rings. The van der Waals surface area contributed by atoms with Gasteiger partial charge in [-0.05, 0) is 23.1 Å². The zero-order valence-electron chi connectivity index (χ0n) is 14.0. The molecule has 0 saturated carbocycles. The molecular weight excluding hydrogens is 401 g/mol. The number of rotatable bonds is 6. The van der Waals surface area contributed by atoms with Gasteiger partial charge in [0, 0.05) is 32.5 Å². The summed E-state index contributed by atoms with van der Waals surface area (Å²) in [5.74, 6) is 1.43. The van der Waals surface area contributed by atoms with Crippen LogP contribution in [0.25, 0.3) is 0 Å². The smallest absolute Gasteiger partial charge is 0.191 e. The lowest BCUT2D eigenvalue weighted by atomic mass is 10.1. The zero-order valence-corrected chi connectivity index (χ0v) is 16.3. The van der Waals surface area contributed by atoms with Gasteiger partial charge in [0.25, 0.3) is 0 Å². The molecule has 6 heteroatoms. The Morgan fingerprint density at radius 3 is 2.65 bits per heavy atom. The summed E-state index contributed by atoms with van der Waals surface area (Å²) in [5, 5.41) is 10.9. The highest BCUT2D eigenvalue weighted by molar-refractivity contribution is 14.0. The van der Waals surface area contributed by atoms with Gasteiger partial charge in [-0.3, -0.25) is 9.67 Å². The minimum Gasteiger partial charge on any atom is -0.356 e. The van der Waals surface area contributed by atoms with Crippen LogP contribution in [-0.2, 0) is 13.1 Å². The van der Waals surface area contributed by atoms with E-state index in [1.807, 2.05) is 16.9 Å². The number of hydrogen-bond acceptors (Lipinski definition) is 2. The molecule has 2 N–H and O–H groups in total. The molecule has 0 amide bonds. The SMILES string of the molecule is CN=C(NCc1cccc(Cn2cccn2)c1)NCC(C)C.I. The normalized spacial score (nSPS) is 11.2. The topological polar surface area (TPSA) is 54.2 Å². The first-order valence-corrected chi connectivity index (χ1v) is 7.67. The standard InChI is InChI=1S/C17H25N5.HI/c1-14(2)11-19-17(18-3)20-12-15-6-4-7-16(10-15)13-22-9-5-8-21-22;/h4-10,14H,11-13H2,1-3H3,(H2,18,19,20);1H. The summed E-state index contributed by atoms with van der Waals surface area (Å²) in [6.07, 6.45) is 3.78. The van der Waals surface area contributed by atoms with Crippen molar-refractivity contribution in [2.45, 2.75) is 26.9 Å². The Morgan fingerprint density at radius 1 is 1.22 bits per heavy atom. The van der Waals surface area contributed by atoms with Crippen molar-refractivity contribution in [3.05, 3.63) is 53.9 Å². The van der Waals surface area contributed by atoms with Crippen molar-refractivity contribution in [1.82, 2.24) is 20.4 Å². The molecule has 1 aromatic heterocycles. The van der Waals surface area contributed by atoms with Gasteiger partial charge in [-0.2, -0.15) is 5.10 Å². The zero-order chi connectivity index (χ0) is 15.8. The van der Waals surface area contributed by atoms with Gasteiger partial charge in [-0.25, -0.2) is 0 Å². The number of guanidine groups is 1. The second kappa shape index (κ2) is 10.3. The number of aromatic nitrogens is 2. The van der Waals surface area contributed by atoms with Crippen LogP contribution in [0.4, 0.5) is 0 Å². The van der Waals surface area contributed by atoms with Crippen LogP contribution in [0, 0.1) is 5.92 Å². The first kappa shape index (κ1) is 19.5. The summed E-state index contributed by atoms with van der Waals surface area (Å²) < 4.78 is 1.93. The molecule has 0 spiro atoms. The molecule has 0 bridgehead atoms. The lowest BCUT2D eigenvalue weighted by Gasteiger charge is -2.14. The average Bonchev–Trinajstić information content (AvgIpc) is 3.00. The van der Waals surface area contributed by atoms with E-state index in [4.69, 9.17) is 0 Å². The number of nitrogens with zero attached hydrogens (tertiary/aromatic N) is 3. The number of aliphatic imine (C=N–C) groups is 1. The van der Waals surface area contributed by atoms with Gasteiger partial charge < -0.3 is 10.6 Å².